The molecule has 2 aromatic rings. The van der Waals surface area contributed by atoms with Crippen LogP contribution in [0, 0.1) is 5.82 Å². The number of nitrogens with zero attached hydrogens (tertiary/aromatic N) is 2. The van der Waals surface area contributed by atoms with E-state index in [4.69, 9.17) is 4.74 Å². The number of halogens is 1. The normalized spacial score (nSPS) is 12.5. The predicted octanol–water partition coefficient (Wildman–Crippen LogP) is 3.71. The van der Waals surface area contributed by atoms with Crippen LogP contribution in [0.1, 0.15) is 46.1 Å². The van der Waals surface area contributed by atoms with Crippen molar-refractivity contribution >= 4 is 27.5 Å². The topological polar surface area (TPSA) is 96.0 Å². The molecule has 0 aliphatic carbocycles. The first-order valence-electron chi connectivity index (χ1n) is 11.7. The van der Waals surface area contributed by atoms with E-state index in [1.165, 1.54) is 28.4 Å². The van der Waals surface area contributed by atoms with Gasteiger partial charge >= 0.3 is 0 Å². The van der Waals surface area contributed by atoms with Gasteiger partial charge in [-0.15, -0.1) is 0 Å². The summed E-state index contributed by atoms with van der Waals surface area (Å²) in [6.07, 6.45) is 1.38. The maximum Gasteiger partial charge on any atom is 0.242 e. The molecular weight excluding hydrogens is 485 g/mol. The van der Waals surface area contributed by atoms with E-state index < -0.39 is 27.4 Å². The molecule has 0 aromatic heterocycles. The van der Waals surface area contributed by atoms with Gasteiger partial charge in [0.05, 0.1) is 19.1 Å². The van der Waals surface area contributed by atoms with Crippen LogP contribution in [-0.4, -0.2) is 56.6 Å². The van der Waals surface area contributed by atoms with Crippen molar-refractivity contribution < 1.29 is 27.1 Å². The van der Waals surface area contributed by atoms with Crippen molar-refractivity contribution in [3.63, 3.8) is 0 Å². The maximum atomic E-state index is 13.4. The molecule has 0 radical (unpaired) electrons. The zero-order valence-electron chi connectivity index (χ0n) is 21.7. The third-order valence-electron chi connectivity index (χ3n) is 5.44. The molecular formula is C26H36FN3O5S. The minimum Gasteiger partial charge on any atom is -0.497 e. The second-order valence-electron chi connectivity index (χ2n) is 9.70. The highest BCUT2D eigenvalue weighted by atomic mass is 32.2. The van der Waals surface area contributed by atoms with Crippen molar-refractivity contribution in [3.05, 3.63) is 59.9 Å². The number of carbonyl (C=O) groups is 2. The summed E-state index contributed by atoms with van der Waals surface area (Å²) in [7, 11) is -2.07. The highest BCUT2D eigenvalue weighted by molar-refractivity contribution is 7.92. The minimum atomic E-state index is -3.59. The fourth-order valence-electron chi connectivity index (χ4n) is 3.60. The van der Waals surface area contributed by atoms with Crippen molar-refractivity contribution in [1.82, 2.24) is 10.2 Å². The van der Waals surface area contributed by atoms with E-state index in [-0.39, 0.29) is 37.7 Å². The first kappa shape index (κ1) is 29.1. The average molecular weight is 522 g/mol. The van der Waals surface area contributed by atoms with Gasteiger partial charge in [0.2, 0.25) is 21.8 Å². The number of anilines is 1. The van der Waals surface area contributed by atoms with Gasteiger partial charge < -0.3 is 15.0 Å². The van der Waals surface area contributed by atoms with E-state index >= 15 is 0 Å². The molecule has 0 unspecified atom stereocenters. The molecule has 0 aliphatic rings. The predicted molar refractivity (Wildman–Crippen MR) is 139 cm³/mol. The molecule has 0 bridgehead atoms. The molecule has 1 atom stereocenters. The molecule has 0 saturated carbocycles. The fourth-order valence-corrected chi connectivity index (χ4v) is 4.56. The zero-order valence-corrected chi connectivity index (χ0v) is 22.6. The SMILES string of the molecule is COc1ccc(N(CCCC(=O)N(Cc2ccc(F)cc2)[C@H](C)C(=O)NC(C)(C)C)S(C)(=O)=O)cc1. The third kappa shape index (κ3) is 8.82. The van der Waals surface area contributed by atoms with Crippen LogP contribution in [0.5, 0.6) is 5.75 Å². The van der Waals surface area contributed by atoms with Crippen LogP contribution in [0.2, 0.25) is 0 Å². The first-order chi connectivity index (χ1) is 16.7. The Hall–Kier alpha value is -3.14. The fraction of sp³-hybridized carbons (Fsp3) is 0.462. The van der Waals surface area contributed by atoms with E-state index in [2.05, 4.69) is 5.32 Å². The van der Waals surface area contributed by atoms with Crippen molar-refractivity contribution in [2.45, 2.75) is 58.7 Å². The van der Waals surface area contributed by atoms with Crippen LogP contribution in [0.25, 0.3) is 0 Å². The molecule has 0 fully saturated rings. The summed E-state index contributed by atoms with van der Waals surface area (Å²) in [6.45, 7) is 7.40. The molecule has 0 saturated heterocycles. The Morgan fingerprint density at radius 2 is 1.64 bits per heavy atom. The molecule has 10 heteroatoms. The van der Waals surface area contributed by atoms with Crippen molar-refractivity contribution in [2.75, 3.05) is 24.2 Å². The van der Waals surface area contributed by atoms with Gasteiger partial charge in [-0.25, -0.2) is 12.8 Å². The number of hydrogen-bond acceptors (Lipinski definition) is 5. The molecule has 2 aromatic carbocycles. The van der Waals surface area contributed by atoms with Gasteiger partial charge in [-0.2, -0.15) is 0 Å². The van der Waals surface area contributed by atoms with Crippen molar-refractivity contribution in [3.8, 4) is 5.75 Å². The summed E-state index contributed by atoms with van der Waals surface area (Å²) in [4.78, 5) is 27.5. The smallest absolute Gasteiger partial charge is 0.242 e. The van der Waals surface area contributed by atoms with Crippen molar-refractivity contribution in [2.24, 2.45) is 0 Å². The lowest BCUT2D eigenvalue weighted by Crippen LogP contribution is -2.52. The molecule has 0 heterocycles. The number of hydrogen-bond donors (Lipinski definition) is 1. The van der Waals surface area contributed by atoms with Gasteiger partial charge in [0, 0.05) is 25.0 Å². The van der Waals surface area contributed by atoms with E-state index in [0.29, 0.717) is 17.0 Å². The summed E-state index contributed by atoms with van der Waals surface area (Å²) < 4.78 is 44.6. The van der Waals surface area contributed by atoms with Crippen LogP contribution in [0.4, 0.5) is 10.1 Å². The van der Waals surface area contributed by atoms with Gasteiger partial charge in [0.15, 0.2) is 0 Å². The molecule has 8 nitrogen and oxygen atoms in total. The van der Waals surface area contributed by atoms with Gasteiger partial charge in [-0.3, -0.25) is 13.9 Å². The summed E-state index contributed by atoms with van der Waals surface area (Å²) in [5, 5.41) is 2.88. The third-order valence-corrected chi connectivity index (χ3v) is 6.64. The van der Waals surface area contributed by atoms with Crippen LogP contribution in [-0.2, 0) is 26.2 Å². The number of sulfonamides is 1. The lowest BCUT2D eigenvalue weighted by atomic mass is 10.1. The number of amides is 2. The van der Waals surface area contributed by atoms with Gasteiger partial charge in [-0.1, -0.05) is 12.1 Å². The van der Waals surface area contributed by atoms with Gasteiger partial charge in [0.25, 0.3) is 0 Å². The first-order valence-corrected chi connectivity index (χ1v) is 13.5. The van der Waals surface area contributed by atoms with Crippen LogP contribution in [0.3, 0.4) is 0 Å². The number of methoxy groups -OCH3 is 1. The zero-order chi connectivity index (χ0) is 27.1. The Morgan fingerprint density at radius 3 is 2.14 bits per heavy atom. The molecule has 2 amide bonds. The van der Waals surface area contributed by atoms with Crippen LogP contribution in [0.15, 0.2) is 48.5 Å². The molecule has 0 aliphatic heterocycles. The second kappa shape index (κ2) is 12.2. The maximum absolute atomic E-state index is 13.4. The van der Waals surface area contributed by atoms with Crippen LogP contribution < -0.4 is 14.4 Å². The lowest BCUT2D eigenvalue weighted by Gasteiger charge is -2.32. The Bertz CT molecular complexity index is 1130. The summed E-state index contributed by atoms with van der Waals surface area (Å²) >= 11 is 0. The minimum absolute atomic E-state index is 0.0243. The molecule has 36 heavy (non-hydrogen) atoms. The highest BCUT2D eigenvalue weighted by Crippen LogP contribution is 2.22. The van der Waals surface area contributed by atoms with Gasteiger partial charge in [0.1, 0.15) is 17.6 Å². The Morgan fingerprint density at radius 1 is 1.06 bits per heavy atom. The van der Waals surface area contributed by atoms with Gasteiger partial charge in [-0.05, 0) is 76.1 Å². The van der Waals surface area contributed by atoms with E-state index in [1.807, 2.05) is 20.8 Å². The number of benzene rings is 2. The Kier molecular flexibility index (Phi) is 9.86. The molecule has 198 valence electrons. The number of carbonyl (C=O) groups excluding carboxylic acids is 2. The van der Waals surface area contributed by atoms with E-state index in [0.717, 1.165) is 6.26 Å². The Balaban J connectivity index is 2.17. The largest absolute Gasteiger partial charge is 0.497 e. The molecule has 2 rings (SSSR count). The van der Waals surface area contributed by atoms with E-state index in [1.54, 1.807) is 43.3 Å². The van der Waals surface area contributed by atoms with Crippen molar-refractivity contribution in [1.29, 1.82) is 0 Å². The summed E-state index contributed by atoms with van der Waals surface area (Å²) in [5.74, 6) is -0.413. The lowest BCUT2D eigenvalue weighted by molar-refractivity contribution is -0.141. The van der Waals surface area contributed by atoms with Crippen LogP contribution >= 0.6 is 0 Å². The number of nitrogens with one attached hydrogen (secondary N) is 1. The number of ether oxygens (including phenoxy) is 1. The summed E-state index contributed by atoms with van der Waals surface area (Å²) in [6, 6.07) is 11.6. The molecule has 1 N–H and O–H groups in total. The molecule has 0 spiro atoms. The summed E-state index contributed by atoms with van der Waals surface area (Å²) in [5.41, 5.74) is 0.660. The monoisotopic (exact) mass is 521 g/mol. The number of rotatable bonds is 11. The standard InChI is InChI=1S/C26H36FN3O5S/c1-19(25(32)28-26(2,3)4)29(18-20-9-11-21(27)12-10-20)24(31)8-7-17-30(36(6,33)34)22-13-15-23(35-5)16-14-22/h9-16,19H,7-8,17-18H2,1-6H3,(H,28,32)/t19-/m1/s1. The quantitative estimate of drug-likeness (QED) is 0.486. The Labute approximate surface area is 213 Å². The highest BCUT2D eigenvalue weighted by Gasteiger charge is 2.28. The average Bonchev–Trinajstić information content (AvgIpc) is 2.79. The second-order valence-corrected chi connectivity index (χ2v) is 11.6. The van der Waals surface area contributed by atoms with E-state index in [9.17, 15) is 22.4 Å².